The van der Waals surface area contributed by atoms with Crippen molar-refractivity contribution >= 4 is 11.4 Å². The summed E-state index contributed by atoms with van der Waals surface area (Å²) in [6, 6.07) is 9.80. The molecule has 2 heteroatoms. The highest BCUT2D eigenvalue weighted by molar-refractivity contribution is 5.76. The van der Waals surface area contributed by atoms with E-state index in [9.17, 15) is 0 Å². The van der Waals surface area contributed by atoms with Gasteiger partial charge < -0.3 is 9.38 Å². The lowest BCUT2D eigenvalue weighted by Crippen LogP contribution is -2.49. The van der Waals surface area contributed by atoms with Crippen LogP contribution in [0.2, 0.25) is 0 Å². The van der Waals surface area contributed by atoms with Crippen LogP contribution in [-0.4, -0.2) is 19.1 Å². The molecule has 0 N–H and O–H groups in total. The summed E-state index contributed by atoms with van der Waals surface area (Å²) >= 11 is 0. The topological polar surface area (TPSA) is 3.24 Å². The first-order valence-corrected chi connectivity index (χ1v) is 6.06. The molecule has 2 nitrogen and oxygen atoms in total. The predicted molar refractivity (Wildman–Crippen MR) is 71.2 cm³/mol. The fourth-order valence-electron chi connectivity index (χ4n) is 2.30. The van der Waals surface area contributed by atoms with E-state index in [0.717, 1.165) is 4.48 Å². The smallest absolute Gasteiger partial charge is 0.129 e. The molecule has 1 atom stereocenters. The van der Waals surface area contributed by atoms with Gasteiger partial charge in [-0.15, -0.1) is 0 Å². The van der Waals surface area contributed by atoms with Gasteiger partial charge in [-0.05, 0) is 52.5 Å². The highest BCUT2D eigenvalue weighted by Gasteiger charge is 2.33. The monoisotopic (exact) mass is 218 g/mol. The number of fused-ring (bicyclic) bond motifs is 1. The van der Waals surface area contributed by atoms with Gasteiger partial charge in [0.2, 0.25) is 0 Å². The van der Waals surface area contributed by atoms with Crippen LogP contribution in [0.3, 0.4) is 0 Å². The zero-order valence-corrected chi connectivity index (χ0v) is 10.9. The Bertz CT molecular complexity index is 384. The average molecular weight is 218 g/mol. The fourth-order valence-corrected chi connectivity index (χ4v) is 2.30. The molecule has 0 amide bonds. The Labute approximate surface area is 99.1 Å². The van der Waals surface area contributed by atoms with E-state index >= 15 is 0 Å². The van der Waals surface area contributed by atoms with Gasteiger partial charge in [-0.2, -0.15) is 0 Å². The van der Waals surface area contributed by atoms with Crippen molar-refractivity contribution in [1.29, 1.82) is 0 Å². The molecule has 0 aliphatic carbocycles. The van der Waals surface area contributed by atoms with Crippen molar-refractivity contribution in [3.63, 3.8) is 0 Å². The van der Waals surface area contributed by atoms with Crippen LogP contribution in [-0.2, 0) is 0 Å². The Morgan fingerprint density at radius 2 is 1.75 bits per heavy atom. The summed E-state index contributed by atoms with van der Waals surface area (Å²) in [6.45, 7) is 11.4. The molecule has 16 heavy (non-hydrogen) atoms. The maximum Gasteiger partial charge on any atom is 0.129 e. The number of hydrogen-bond acceptors (Lipinski definition) is 1. The van der Waals surface area contributed by atoms with Crippen molar-refractivity contribution in [1.82, 2.24) is 4.48 Å². The van der Waals surface area contributed by atoms with Crippen molar-refractivity contribution < 1.29 is 0 Å². The number of quaternary nitrogens is 1. The molecule has 0 radical (unpaired) electrons. The average Bonchev–Trinajstić information content (AvgIpc) is 2.55. The zero-order valence-electron chi connectivity index (χ0n) is 10.9. The summed E-state index contributed by atoms with van der Waals surface area (Å²) in [5.41, 5.74) is 2.76. The minimum atomic E-state index is 0.514. The molecule has 1 aromatic carbocycles. The molecular weight excluding hydrogens is 196 g/mol. The molecule has 0 fully saturated rings. The Morgan fingerprint density at radius 3 is 2.31 bits per heavy atom. The predicted octanol–water partition coefficient (Wildman–Crippen LogP) is 3.38. The van der Waals surface area contributed by atoms with Gasteiger partial charge >= 0.3 is 0 Å². The lowest BCUT2D eigenvalue weighted by molar-refractivity contribution is 0.334. The summed E-state index contributed by atoms with van der Waals surface area (Å²) in [7, 11) is 2.28. The minimum absolute atomic E-state index is 0.514. The van der Waals surface area contributed by atoms with Crippen molar-refractivity contribution in [2.24, 2.45) is 0 Å². The van der Waals surface area contributed by atoms with Gasteiger partial charge in [-0.3, -0.25) is 0 Å². The van der Waals surface area contributed by atoms with Crippen LogP contribution in [0.25, 0.3) is 0 Å². The third-order valence-electron chi connectivity index (χ3n) is 3.67. The SMILES string of the molecule is CC(C)N1[CH-][N+](C)(C(C)C)c2ccccc21. The van der Waals surface area contributed by atoms with Crippen LogP contribution in [0, 0.1) is 6.67 Å². The van der Waals surface area contributed by atoms with Crippen molar-refractivity contribution in [2.75, 3.05) is 11.9 Å². The van der Waals surface area contributed by atoms with Gasteiger partial charge in [-0.25, -0.2) is 0 Å². The highest BCUT2D eigenvalue weighted by Crippen LogP contribution is 2.44. The van der Waals surface area contributed by atoms with E-state index in [1.165, 1.54) is 11.4 Å². The molecule has 1 unspecified atom stereocenters. The lowest BCUT2D eigenvalue weighted by atomic mass is 10.2. The second-order valence-electron chi connectivity index (χ2n) is 5.35. The zero-order chi connectivity index (χ0) is 11.9. The molecule has 0 bridgehead atoms. The first kappa shape index (κ1) is 11.5. The number of benzene rings is 1. The van der Waals surface area contributed by atoms with Gasteiger partial charge in [0, 0.05) is 0 Å². The van der Waals surface area contributed by atoms with Gasteiger partial charge in [0.25, 0.3) is 0 Å². The second kappa shape index (κ2) is 3.77. The third-order valence-corrected chi connectivity index (χ3v) is 3.67. The molecule has 0 spiro atoms. The van der Waals surface area contributed by atoms with E-state index in [4.69, 9.17) is 0 Å². The van der Waals surface area contributed by atoms with E-state index in [-0.39, 0.29) is 0 Å². The summed E-state index contributed by atoms with van der Waals surface area (Å²) in [4.78, 5) is 2.38. The van der Waals surface area contributed by atoms with Crippen LogP contribution >= 0.6 is 0 Å². The normalized spacial score (nSPS) is 24.3. The van der Waals surface area contributed by atoms with Crippen LogP contribution in [0.1, 0.15) is 27.7 Å². The van der Waals surface area contributed by atoms with Crippen LogP contribution in [0.15, 0.2) is 24.3 Å². The van der Waals surface area contributed by atoms with Crippen LogP contribution in [0.4, 0.5) is 11.4 Å². The summed E-state index contributed by atoms with van der Waals surface area (Å²) in [5, 5.41) is 0. The van der Waals surface area contributed by atoms with E-state index in [0.29, 0.717) is 12.1 Å². The summed E-state index contributed by atoms with van der Waals surface area (Å²) in [6.07, 6.45) is 0. The molecule has 2 rings (SSSR count). The first-order valence-electron chi connectivity index (χ1n) is 6.06. The quantitative estimate of drug-likeness (QED) is 0.543. The minimum Gasteiger partial charge on any atom is -0.463 e. The van der Waals surface area contributed by atoms with Crippen LogP contribution in [0.5, 0.6) is 0 Å². The molecule has 1 heterocycles. The Kier molecular flexibility index (Phi) is 2.70. The van der Waals surface area contributed by atoms with Gasteiger partial charge in [0.15, 0.2) is 0 Å². The van der Waals surface area contributed by atoms with Gasteiger partial charge in [0.1, 0.15) is 5.69 Å². The van der Waals surface area contributed by atoms with E-state index in [2.05, 4.69) is 70.6 Å². The van der Waals surface area contributed by atoms with Gasteiger partial charge in [0.05, 0.1) is 18.8 Å². The first-order chi connectivity index (χ1) is 7.47. The molecule has 0 saturated carbocycles. The van der Waals surface area contributed by atoms with E-state index in [1.807, 2.05) is 0 Å². The Morgan fingerprint density at radius 1 is 1.12 bits per heavy atom. The van der Waals surface area contributed by atoms with E-state index in [1.54, 1.807) is 0 Å². The highest BCUT2D eigenvalue weighted by atomic mass is 15.5. The molecule has 88 valence electrons. The third kappa shape index (κ3) is 1.52. The van der Waals surface area contributed by atoms with E-state index < -0.39 is 0 Å². The number of para-hydroxylation sites is 2. The van der Waals surface area contributed by atoms with Gasteiger partial charge in [-0.1, -0.05) is 12.1 Å². The largest absolute Gasteiger partial charge is 0.463 e. The molecule has 1 aliphatic heterocycles. The Hall–Kier alpha value is -1.02. The molecule has 0 saturated heterocycles. The molecule has 1 aromatic rings. The van der Waals surface area contributed by atoms with Crippen molar-refractivity contribution in [3.05, 3.63) is 30.9 Å². The summed E-state index contributed by atoms with van der Waals surface area (Å²) < 4.78 is 0.897. The molecule has 0 aromatic heterocycles. The van der Waals surface area contributed by atoms with Crippen molar-refractivity contribution in [2.45, 2.75) is 39.8 Å². The standard InChI is InChI=1S/C14H22N2/c1-11(2)15-10-16(5,12(3)4)14-9-7-6-8-13(14)15/h6-12H,1-5H3. The van der Waals surface area contributed by atoms with Crippen molar-refractivity contribution in [3.8, 4) is 0 Å². The molecular formula is C14H22N2. The lowest BCUT2D eigenvalue weighted by Gasteiger charge is -2.44. The second-order valence-corrected chi connectivity index (χ2v) is 5.35. The van der Waals surface area contributed by atoms with Crippen LogP contribution < -0.4 is 9.38 Å². The number of rotatable bonds is 2. The maximum absolute atomic E-state index is 2.38. The number of anilines is 1. The fraction of sp³-hybridized carbons (Fsp3) is 0.500. The Balaban J connectivity index is 2.51. The summed E-state index contributed by atoms with van der Waals surface area (Å²) in [5.74, 6) is 0. The number of hydrogen-bond donors (Lipinski definition) is 0. The molecule has 1 aliphatic rings. The number of nitrogens with zero attached hydrogens (tertiary/aromatic N) is 2. The maximum atomic E-state index is 2.38.